The summed E-state index contributed by atoms with van der Waals surface area (Å²) in [6.45, 7) is 6.37. The lowest BCUT2D eigenvalue weighted by Gasteiger charge is -2.27. The van der Waals surface area contributed by atoms with Crippen LogP contribution >= 0.6 is 27.3 Å². The summed E-state index contributed by atoms with van der Waals surface area (Å²) in [5.41, 5.74) is 1.66. The number of hydrogen-bond donors (Lipinski definition) is 1. The second kappa shape index (κ2) is 8.63. The fourth-order valence-corrected chi connectivity index (χ4v) is 3.93. The maximum atomic E-state index is 12.8. The van der Waals surface area contributed by atoms with E-state index in [-0.39, 0.29) is 17.7 Å². The second-order valence-electron chi connectivity index (χ2n) is 6.49. The van der Waals surface area contributed by atoms with Gasteiger partial charge in [0.1, 0.15) is 6.04 Å². The van der Waals surface area contributed by atoms with Crippen molar-refractivity contribution >= 4 is 39.1 Å². The van der Waals surface area contributed by atoms with Crippen molar-refractivity contribution in [1.82, 2.24) is 10.2 Å². The topological polar surface area (TPSA) is 49.4 Å². The minimum atomic E-state index is -0.554. The van der Waals surface area contributed by atoms with Crippen LogP contribution in [-0.2, 0) is 11.3 Å². The summed E-state index contributed by atoms with van der Waals surface area (Å²) < 4.78 is 1.02. The minimum absolute atomic E-state index is 0.000537. The first-order chi connectivity index (χ1) is 11.8. The van der Waals surface area contributed by atoms with E-state index in [1.807, 2.05) is 44.4 Å². The van der Waals surface area contributed by atoms with Crippen LogP contribution < -0.4 is 5.32 Å². The zero-order valence-electron chi connectivity index (χ0n) is 14.9. The Hall–Kier alpha value is -1.66. The second-order valence-corrected chi connectivity index (χ2v) is 8.40. The van der Waals surface area contributed by atoms with E-state index in [1.54, 1.807) is 35.4 Å². The number of rotatable bonds is 6. The molecule has 6 heteroatoms. The Morgan fingerprint density at radius 1 is 1.24 bits per heavy atom. The Bertz CT molecular complexity index is 740. The van der Waals surface area contributed by atoms with Gasteiger partial charge < -0.3 is 10.2 Å². The molecule has 1 unspecified atom stereocenters. The number of carbonyl (C=O) groups is 2. The summed E-state index contributed by atoms with van der Waals surface area (Å²) in [5, 5.41) is 4.88. The Morgan fingerprint density at radius 2 is 1.88 bits per heavy atom. The smallest absolute Gasteiger partial charge is 0.251 e. The molecule has 0 bridgehead atoms. The molecule has 0 spiro atoms. The summed E-state index contributed by atoms with van der Waals surface area (Å²) in [7, 11) is 1.77. The van der Waals surface area contributed by atoms with Crippen molar-refractivity contribution in [3.63, 3.8) is 0 Å². The molecule has 2 rings (SSSR count). The van der Waals surface area contributed by atoms with Crippen LogP contribution in [0.1, 0.15) is 34.6 Å². The van der Waals surface area contributed by atoms with Crippen LogP contribution in [0.25, 0.3) is 0 Å². The Balaban J connectivity index is 2.06. The van der Waals surface area contributed by atoms with Crippen LogP contribution in [0.2, 0.25) is 0 Å². The maximum Gasteiger partial charge on any atom is 0.251 e. The first-order valence-corrected chi connectivity index (χ1v) is 9.80. The molecule has 1 aromatic carbocycles. The molecule has 0 aliphatic carbocycles. The van der Waals surface area contributed by atoms with Crippen molar-refractivity contribution in [2.45, 2.75) is 33.4 Å². The average molecular weight is 423 g/mol. The Kier molecular flexibility index (Phi) is 6.79. The van der Waals surface area contributed by atoms with E-state index in [4.69, 9.17) is 0 Å². The maximum absolute atomic E-state index is 12.8. The highest BCUT2D eigenvalue weighted by Gasteiger charge is 2.27. The fourth-order valence-electron chi connectivity index (χ4n) is 2.43. The van der Waals surface area contributed by atoms with Gasteiger partial charge >= 0.3 is 0 Å². The number of nitrogens with zero attached hydrogens (tertiary/aromatic N) is 1. The molecule has 1 N–H and O–H groups in total. The van der Waals surface area contributed by atoms with Crippen LogP contribution in [0.15, 0.2) is 40.2 Å². The van der Waals surface area contributed by atoms with Crippen LogP contribution in [0.5, 0.6) is 0 Å². The van der Waals surface area contributed by atoms with Gasteiger partial charge in [0, 0.05) is 27.3 Å². The van der Waals surface area contributed by atoms with Crippen LogP contribution in [0.4, 0.5) is 0 Å². The number of benzene rings is 1. The molecule has 2 amide bonds. The molecule has 0 aliphatic rings. The van der Waals surface area contributed by atoms with Gasteiger partial charge in [-0.2, -0.15) is 0 Å². The quantitative estimate of drug-likeness (QED) is 0.756. The molecule has 0 saturated carbocycles. The number of likely N-dealkylation sites (N-methyl/N-ethyl adjacent to an activating group) is 1. The van der Waals surface area contributed by atoms with Crippen molar-refractivity contribution in [2.24, 2.45) is 5.92 Å². The largest absolute Gasteiger partial charge is 0.340 e. The van der Waals surface area contributed by atoms with Gasteiger partial charge in [-0.05, 0) is 47.0 Å². The zero-order chi connectivity index (χ0) is 18.6. The molecule has 25 heavy (non-hydrogen) atoms. The molecule has 0 aliphatic heterocycles. The fraction of sp³-hybridized carbons (Fsp3) is 0.368. The zero-order valence-corrected chi connectivity index (χ0v) is 17.3. The average Bonchev–Trinajstić information content (AvgIpc) is 2.97. The SMILES string of the molecule is Cc1ccc(C(=O)NC(C(=O)N(C)Cc2cc(Br)cs2)C(C)C)cc1. The summed E-state index contributed by atoms with van der Waals surface area (Å²) >= 11 is 5.02. The van der Waals surface area contributed by atoms with Crippen molar-refractivity contribution in [3.8, 4) is 0 Å². The number of amides is 2. The summed E-state index contributed by atoms with van der Waals surface area (Å²) in [6.07, 6.45) is 0. The summed E-state index contributed by atoms with van der Waals surface area (Å²) in [4.78, 5) is 28.1. The molecule has 0 saturated heterocycles. The molecular weight excluding hydrogens is 400 g/mol. The normalized spacial score (nSPS) is 12.1. The molecular formula is C19H23BrN2O2S. The van der Waals surface area contributed by atoms with Gasteiger partial charge in [0.25, 0.3) is 5.91 Å². The van der Waals surface area contributed by atoms with E-state index < -0.39 is 6.04 Å². The molecule has 1 heterocycles. The van der Waals surface area contributed by atoms with Crippen LogP contribution in [-0.4, -0.2) is 29.8 Å². The number of halogens is 1. The third-order valence-electron chi connectivity index (χ3n) is 3.92. The molecule has 1 aromatic heterocycles. The molecule has 0 radical (unpaired) electrons. The summed E-state index contributed by atoms with van der Waals surface area (Å²) in [6, 6.07) is 8.79. The van der Waals surface area contributed by atoms with Gasteiger partial charge in [-0.3, -0.25) is 9.59 Å². The molecule has 134 valence electrons. The monoisotopic (exact) mass is 422 g/mol. The van der Waals surface area contributed by atoms with Crippen molar-refractivity contribution in [2.75, 3.05) is 7.05 Å². The first-order valence-electron chi connectivity index (χ1n) is 8.13. The number of aryl methyl sites for hydroxylation is 1. The molecule has 0 fully saturated rings. The van der Waals surface area contributed by atoms with E-state index >= 15 is 0 Å². The van der Waals surface area contributed by atoms with E-state index in [2.05, 4.69) is 21.2 Å². The van der Waals surface area contributed by atoms with E-state index in [1.165, 1.54) is 0 Å². The van der Waals surface area contributed by atoms with Crippen LogP contribution in [0, 0.1) is 12.8 Å². The minimum Gasteiger partial charge on any atom is -0.340 e. The number of hydrogen-bond acceptors (Lipinski definition) is 3. The highest BCUT2D eigenvalue weighted by Crippen LogP contribution is 2.21. The molecule has 1 atom stereocenters. The van der Waals surface area contributed by atoms with Gasteiger partial charge in [0.2, 0.25) is 5.91 Å². The van der Waals surface area contributed by atoms with Gasteiger partial charge in [0.05, 0.1) is 6.54 Å². The third-order valence-corrected chi connectivity index (χ3v) is 5.61. The van der Waals surface area contributed by atoms with Crippen molar-refractivity contribution in [3.05, 3.63) is 56.2 Å². The Labute approximate surface area is 161 Å². The van der Waals surface area contributed by atoms with E-state index in [9.17, 15) is 9.59 Å². The van der Waals surface area contributed by atoms with Crippen molar-refractivity contribution in [1.29, 1.82) is 0 Å². The van der Waals surface area contributed by atoms with E-state index in [0.29, 0.717) is 12.1 Å². The van der Waals surface area contributed by atoms with Gasteiger partial charge in [-0.15, -0.1) is 11.3 Å². The van der Waals surface area contributed by atoms with Gasteiger partial charge in [-0.1, -0.05) is 31.5 Å². The standard InChI is InChI=1S/C19H23BrN2O2S/c1-12(2)17(21-18(23)14-7-5-13(3)6-8-14)19(24)22(4)10-16-9-15(20)11-25-16/h5-9,11-12,17H,10H2,1-4H3,(H,21,23). The summed E-state index contributed by atoms with van der Waals surface area (Å²) in [5.74, 6) is -0.307. The highest BCUT2D eigenvalue weighted by molar-refractivity contribution is 9.10. The lowest BCUT2D eigenvalue weighted by Crippen LogP contribution is -2.49. The lowest BCUT2D eigenvalue weighted by molar-refractivity contribution is -0.133. The van der Waals surface area contributed by atoms with E-state index in [0.717, 1.165) is 14.9 Å². The highest BCUT2D eigenvalue weighted by atomic mass is 79.9. The number of nitrogens with one attached hydrogen (secondary N) is 1. The van der Waals surface area contributed by atoms with Gasteiger partial charge in [0.15, 0.2) is 0 Å². The third kappa shape index (κ3) is 5.41. The predicted molar refractivity (Wildman–Crippen MR) is 106 cm³/mol. The Morgan fingerprint density at radius 3 is 2.40 bits per heavy atom. The predicted octanol–water partition coefficient (Wildman–Crippen LogP) is 4.23. The lowest BCUT2D eigenvalue weighted by atomic mass is 10.0. The van der Waals surface area contributed by atoms with Crippen molar-refractivity contribution < 1.29 is 9.59 Å². The molecule has 4 nitrogen and oxygen atoms in total. The van der Waals surface area contributed by atoms with Gasteiger partial charge in [-0.25, -0.2) is 0 Å². The van der Waals surface area contributed by atoms with Crippen LogP contribution in [0.3, 0.4) is 0 Å². The molecule has 2 aromatic rings. The number of carbonyl (C=O) groups excluding carboxylic acids is 2. The first kappa shape index (κ1) is 19.7. The number of thiophene rings is 1.